The van der Waals surface area contributed by atoms with Crippen molar-refractivity contribution in [2.45, 2.75) is 76.8 Å². The Morgan fingerprint density at radius 2 is 2.04 bits per heavy atom. The van der Waals surface area contributed by atoms with Gasteiger partial charge < -0.3 is 10.2 Å². The first-order valence-corrected chi connectivity index (χ1v) is 10.9. The summed E-state index contributed by atoms with van der Waals surface area (Å²) in [6, 6.07) is 2.54. The second-order valence-electron chi connectivity index (χ2n) is 8.30. The molecule has 154 valence electrons. The van der Waals surface area contributed by atoms with E-state index in [0.717, 1.165) is 45.1 Å². The molecular weight excluding hydrogens is 352 g/mol. The van der Waals surface area contributed by atoms with E-state index in [9.17, 15) is 9.59 Å². The number of hydrogen-bond acceptors (Lipinski definition) is 3. The van der Waals surface area contributed by atoms with E-state index in [0.29, 0.717) is 24.2 Å². The van der Waals surface area contributed by atoms with E-state index in [4.69, 9.17) is 0 Å². The maximum absolute atomic E-state index is 13.2. The number of amides is 2. The van der Waals surface area contributed by atoms with Gasteiger partial charge in [-0.25, -0.2) is 0 Å². The highest BCUT2D eigenvalue weighted by Gasteiger charge is 2.33. The largest absolute Gasteiger partial charge is 0.353 e. The molecule has 0 radical (unpaired) electrons. The van der Waals surface area contributed by atoms with E-state index in [-0.39, 0.29) is 17.9 Å². The van der Waals surface area contributed by atoms with E-state index in [1.165, 1.54) is 25.3 Å². The van der Waals surface area contributed by atoms with Gasteiger partial charge in [0.15, 0.2) is 0 Å². The average Bonchev–Trinajstić information content (AvgIpc) is 3.22. The standard InChI is InChI=1S/C22H34N4O2/c1-3-21(27)23-14-7-12-20-17(2)9-8-15-25(20)22(28)19-13-16-26(24-19)18-10-5-4-6-11-18/h3,13,16-18,20H,1,4-12,14-15H2,2H3,(H,23,27)/t17-,20-/m1/s1. The average molecular weight is 387 g/mol. The normalized spacial score (nSPS) is 23.4. The number of rotatable bonds is 7. The van der Waals surface area contributed by atoms with Crippen LogP contribution in [0.4, 0.5) is 0 Å². The fourth-order valence-electron chi connectivity index (χ4n) is 4.68. The number of hydrogen-bond donors (Lipinski definition) is 1. The predicted octanol–water partition coefficient (Wildman–Crippen LogP) is 3.71. The van der Waals surface area contributed by atoms with Gasteiger partial charge in [0.2, 0.25) is 5.91 Å². The zero-order valence-electron chi connectivity index (χ0n) is 17.1. The highest BCUT2D eigenvalue weighted by atomic mass is 16.2. The van der Waals surface area contributed by atoms with Crippen molar-refractivity contribution in [3.8, 4) is 0 Å². The molecule has 2 heterocycles. The molecule has 1 aromatic heterocycles. The summed E-state index contributed by atoms with van der Waals surface area (Å²) in [6.45, 7) is 7.11. The number of piperidine rings is 1. The molecule has 2 amide bonds. The van der Waals surface area contributed by atoms with Gasteiger partial charge in [-0.1, -0.05) is 32.8 Å². The van der Waals surface area contributed by atoms with Gasteiger partial charge >= 0.3 is 0 Å². The monoisotopic (exact) mass is 386 g/mol. The number of likely N-dealkylation sites (tertiary alicyclic amines) is 1. The topological polar surface area (TPSA) is 67.2 Å². The van der Waals surface area contributed by atoms with Crippen molar-refractivity contribution in [3.05, 3.63) is 30.6 Å². The van der Waals surface area contributed by atoms with Crippen molar-refractivity contribution in [2.75, 3.05) is 13.1 Å². The zero-order chi connectivity index (χ0) is 19.9. The summed E-state index contributed by atoms with van der Waals surface area (Å²) in [4.78, 5) is 26.5. The first kappa shape index (κ1) is 20.6. The van der Waals surface area contributed by atoms with Crippen LogP contribution in [0.1, 0.15) is 81.2 Å². The van der Waals surface area contributed by atoms with Crippen molar-refractivity contribution in [1.82, 2.24) is 20.0 Å². The number of nitrogens with zero attached hydrogens (tertiary/aromatic N) is 3. The summed E-state index contributed by atoms with van der Waals surface area (Å²) < 4.78 is 2.01. The van der Waals surface area contributed by atoms with Crippen molar-refractivity contribution in [3.63, 3.8) is 0 Å². The van der Waals surface area contributed by atoms with Crippen LogP contribution in [-0.4, -0.2) is 45.6 Å². The third-order valence-corrected chi connectivity index (χ3v) is 6.31. The number of carbonyl (C=O) groups excluding carboxylic acids is 2. The smallest absolute Gasteiger partial charge is 0.274 e. The quantitative estimate of drug-likeness (QED) is 0.574. The minimum absolute atomic E-state index is 0.0567. The van der Waals surface area contributed by atoms with Gasteiger partial charge in [-0.15, -0.1) is 0 Å². The van der Waals surface area contributed by atoms with E-state index in [1.807, 2.05) is 21.8 Å². The molecule has 0 bridgehead atoms. The van der Waals surface area contributed by atoms with Crippen LogP contribution < -0.4 is 5.32 Å². The minimum atomic E-state index is -0.141. The molecule has 1 saturated carbocycles. The molecule has 0 aromatic carbocycles. The lowest BCUT2D eigenvalue weighted by Gasteiger charge is -2.40. The Morgan fingerprint density at radius 3 is 2.79 bits per heavy atom. The van der Waals surface area contributed by atoms with Gasteiger partial charge in [-0.2, -0.15) is 5.10 Å². The summed E-state index contributed by atoms with van der Waals surface area (Å²) in [7, 11) is 0. The molecule has 2 fully saturated rings. The van der Waals surface area contributed by atoms with Crippen LogP contribution in [0.3, 0.4) is 0 Å². The molecule has 6 nitrogen and oxygen atoms in total. The molecule has 28 heavy (non-hydrogen) atoms. The highest BCUT2D eigenvalue weighted by Crippen LogP contribution is 2.29. The van der Waals surface area contributed by atoms with Crippen LogP contribution in [0.5, 0.6) is 0 Å². The fraction of sp³-hybridized carbons (Fsp3) is 0.682. The molecule has 2 aliphatic rings. The molecule has 3 rings (SSSR count). The molecule has 1 saturated heterocycles. The lowest BCUT2D eigenvalue weighted by Crippen LogP contribution is -2.48. The van der Waals surface area contributed by atoms with Crippen molar-refractivity contribution in [2.24, 2.45) is 5.92 Å². The summed E-state index contributed by atoms with van der Waals surface area (Å²) in [6.07, 6.45) is 13.3. The highest BCUT2D eigenvalue weighted by molar-refractivity contribution is 5.92. The third kappa shape index (κ3) is 5.03. The molecule has 1 aliphatic heterocycles. The Balaban J connectivity index is 1.61. The Morgan fingerprint density at radius 1 is 1.25 bits per heavy atom. The first-order chi connectivity index (χ1) is 13.6. The zero-order valence-corrected chi connectivity index (χ0v) is 17.1. The molecule has 0 spiro atoms. The van der Waals surface area contributed by atoms with E-state index < -0.39 is 0 Å². The van der Waals surface area contributed by atoms with Crippen LogP contribution in [0.2, 0.25) is 0 Å². The van der Waals surface area contributed by atoms with Gasteiger partial charge in [0.05, 0.1) is 6.04 Å². The van der Waals surface area contributed by atoms with E-state index in [1.54, 1.807) is 0 Å². The summed E-state index contributed by atoms with van der Waals surface area (Å²) >= 11 is 0. The molecule has 2 atom stereocenters. The maximum Gasteiger partial charge on any atom is 0.274 e. The molecular formula is C22H34N4O2. The summed E-state index contributed by atoms with van der Waals surface area (Å²) in [5, 5.41) is 7.48. The van der Waals surface area contributed by atoms with Gasteiger partial charge in [-0.05, 0) is 56.6 Å². The predicted molar refractivity (Wildman–Crippen MR) is 110 cm³/mol. The second-order valence-corrected chi connectivity index (χ2v) is 8.30. The minimum Gasteiger partial charge on any atom is -0.353 e. The molecule has 1 aliphatic carbocycles. The van der Waals surface area contributed by atoms with Crippen LogP contribution in [0.25, 0.3) is 0 Å². The first-order valence-electron chi connectivity index (χ1n) is 10.9. The van der Waals surface area contributed by atoms with Gasteiger partial charge in [0.1, 0.15) is 5.69 Å². The molecule has 6 heteroatoms. The SMILES string of the molecule is C=CC(=O)NCCC[C@@H]1[C@H](C)CCCN1C(=O)c1ccn(C2CCCCC2)n1. The van der Waals surface area contributed by atoms with Crippen molar-refractivity contribution < 1.29 is 9.59 Å². The van der Waals surface area contributed by atoms with E-state index in [2.05, 4.69) is 23.9 Å². The van der Waals surface area contributed by atoms with Crippen molar-refractivity contribution >= 4 is 11.8 Å². The van der Waals surface area contributed by atoms with Crippen LogP contribution >= 0.6 is 0 Å². The Kier molecular flexibility index (Phi) is 7.29. The second kappa shape index (κ2) is 9.89. The lowest BCUT2D eigenvalue weighted by atomic mass is 9.87. The lowest BCUT2D eigenvalue weighted by molar-refractivity contribution is -0.116. The Bertz CT molecular complexity index is 678. The number of nitrogens with one attached hydrogen (secondary N) is 1. The number of aromatic nitrogens is 2. The molecule has 1 aromatic rings. The third-order valence-electron chi connectivity index (χ3n) is 6.31. The Hall–Kier alpha value is -2.11. The molecule has 0 unspecified atom stereocenters. The van der Waals surface area contributed by atoms with Gasteiger partial charge in [0.25, 0.3) is 5.91 Å². The van der Waals surface area contributed by atoms with Crippen LogP contribution in [0, 0.1) is 5.92 Å². The van der Waals surface area contributed by atoms with Crippen molar-refractivity contribution in [1.29, 1.82) is 0 Å². The maximum atomic E-state index is 13.2. The number of carbonyl (C=O) groups is 2. The molecule has 1 N–H and O–H groups in total. The van der Waals surface area contributed by atoms with Crippen LogP contribution in [0.15, 0.2) is 24.9 Å². The van der Waals surface area contributed by atoms with Gasteiger partial charge in [0, 0.05) is 25.3 Å². The van der Waals surface area contributed by atoms with Gasteiger partial charge in [-0.3, -0.25) is 14.3 Å². The summed E-state index contributed by atoms with van der Waals surface area (Å²) in [5.74, 6) is 0.382. The fourth-order valence-corrected chi connectivity index (χ4v) is 4.68. The van der Waals surface area contributed by atoms with E-state index >= 15 is 0 Å². The summed E-state index contributed by atoms with van der Waals surface area (Å²) in [5.41, 5.74) is 0.574. The van der Waals surface area contributed by atoms with Crippen LogP contribution in [-0.2, 0) is 4.79 Å². The Labute approximate surface area is 168 Å².